The highest BCUT2D eigenvalue weighted by Gasteiger charge is 2.43. The highest BCUT2D eigenvalue weighted by atomic mass is 16.6. The van der Waals surface area contributed by atoms with Crippen molar-refractivity contribution in [2.24, 2.45) is 0 Å². The lowest BCUT2D eigenvalue weighted by Crippen LogP contribution is -2.43. The molecular formula is C13H19NO6. The fourth-order valence-electron chi connectivity index (χ4n) is 1.85. The van der Waals surface area contributed by atoms with E-state index in [1.165, 1.54) is 0 Å². The molecule has 0 saturated carbocycles. The van der Waals surface area contributed by atoms with Crippen LogP contribution >= 0.6 is 0 Å². The summed E-state index contributed by atoms with van der Waals surface area (Å²) in [6.07, 6.45) is -0.378. The molecule has 1 aliphatic rings. The van der Waals surface area contributed by atoms with Gasteiger partial charge in [0.05, 0.1) is 6.54 Å². The van der Waals surface area contributed by atoms with Crippen LogP contribution in [0, 0.1) is 0 Å². The van der Waals surface area contributed by atoms with Gasteiger partial charge in [-0.3, -0.25) is 4.90 Å². The van der Waals surface area contributed by atoms with E-state index in [0.29, 0.717) is 0 Å². The summed E-state index contributed by atoms with van der Waals surface area (Å²) in [6.45, 7) is 8.31. The number of carboxylic acid groups (broad SMARTS) is 1. The van der Waals surface area contributed by atoms with Gasteiger partial charge in [-0.15, -0.1) is 0 Å². The Kier molecular flexibility index (Phi) is 4.75. The van der Waals surface area contributed by atoms with Gasteiger partial charge >= 0.3 is 18.0 Å². The standard InChI is InChI=1S/C13H19NO6/c1-5-10(15)19-8-6-9(11(16)17)14(7-8)12(18)20-13(2,3)4/h5,8-9H,1,6-7H2,2-4H3,(H,16,17)/t8-,9+/m1/s1. The highest BCUT2D eigenvalue weighted by molar-refractivity contribution is 5.83. The first-order valence-corrected chi connectivity index (χ1v) is 6.19. The number of carboxylic acids is 1. The number of aliphatic carboxylic acids is 1. The molecule has 0 aromatic heterocycles. The Balaban J connectivity index is 2.77. The van der Waals surface area contributed by atoms with Crippen LogP contribution in [0.4, 0.5) is 4.79 Å². The lowest BCUT2D eigenvalue weighted by atomic mass is 10.2. The minimum atomic E-state index is -1.16. The molecule has 0 aliphatic carbocycles. The maximum absolute atomic E-state index is 12.0. The molecule has 1 heterocycles. The summed E-state index contributed by atoms with van der Waals surface area (Å²) in [5.41, 5.74) is -0.726. The number of amides is 1. The van der Waals surface area contributed by atoms with E-state index in [4.69, 9.17) is 14.6 Å². The van der Waals surface area contributed by atoms with Crippen molar-refractivity contribution in [2.45, 2.75) is 44.9 Å². The summed E-state index contributed by atoms with van der Waals surface area (Å²) in [7, 11) is 0. The van der Waals surface area contributed by atoms with Gasteiger partial charge in [-0.1, -0.05) is 6.58 Å². The second kappa shape index (κ2) is 5.94. The molecule has 0 aromatic rings. The van der Waals surface area contributed by atoms with E-state index in [-0.39, 0.29) is 13.0 Å². The number of likely N-dealkylation sites (tertiary alicyclic amines) is 1. The maximum Gasteiger partial charge on any atom is 0.411 e. The van der Waals surface area contributed by atoms with E-state index >= 15 is 0 Å². The third-order valence-corrected chi connectivity index (χ3v) is 2.63. The summed E-state index contributed by atoms with van der Waals surface area (Å²) in [4.78, 5) is 35.3. The SMILES string of the molecule is C=CC(=O)O[C@@H]1C[C@@H](C(=O)O)N(C(=O)OC(C)(C)C)C1. The fourth-order valence-corrected chi connectivity index (χ4v) is 1.85. The van der Waals surface area contributed by atoms with E-state index < -0.39 is 35.8 Å². The first kappa shape index (κ1) is 16.0. The molecule has 0 spiro atoms. The minimum Gasteiger partial charge on any atom is -0.480 e. The molecule has 0 radical (unpaired) electrons. The monoisotopic (exact) mass is 285 g/mol. The maximum atomic E-state index is 12.0. The van der Waals surface area contributed by atoms with Crippen LogP contribution in [0.2, 0.25) is 0 Å². The Hall–Kier alpha value is -2.05. The Labute approximate surface area is 117 Å². The van der Waals surface area contributed by atoms with Crippen LogP contribution in [0.25, 0.3) is 0 Å². The van der Waals surface area contributed by atoms with Crippen LogP contribution in [0.5, 0.6) is 0 Å². The summed E-state index contributed by atoms with van der Waals surface area (Å²) < 4.78 is 10.1. The molecule has 1 amide bonds. The average molecular weight is 285 g/mol. The van der Waals surface area contributed by atoms with Crippen LogP contribution in [0.1, 0.15) is 27.2 Å². The molecule has 1 aliphatic heterocycles. The van der Waals surface area contributed by atoms with E-state index in [1.54, 1.807) is 20.8 Å². The molecule has 1 saturated heterocycles. The number of esters is 1. The van der Waals surface area contributed by atoms with E-state index in [1.807, 2.05) is 0 Å². The summed E-state index contributed by atoms with van der Waals surface area (Å²) >= 11 is 0. The van der Waals surface area contributed by atoms with Crippen LogP contribution in [-0.4, -0.2) is 52.3 Å². The van der Waals surface area contributed by atoms with Crippen molar-refractivity contribution in [3.8, 4) is 0 Å². The summed E-state index contributed by atoms with van der Waals surface area (Å²) in [6, 6.07) is -1.06. The molecule has 1 N–H and O–H groups in total. The van der Waals surface area contributed by atoms with Crippen molar-refractivity contribution in [3.63, 3.8) is 0 Å². The van der Waals surface area contributed by atoms with Crippen molar-refractivity contribution in [1.29, 1.82) is 0 Å². The van der Waals surface area contributed by atoms with Gasteiger partial charge < -0.3 is 14.6 Å². The normalized spacial score (nSPS) is 22.2. The molecule has 7 nitrogen and oxygen atoms in total. The molecule has 0 aromatic carbocycles. The molecule has 2 atom stereocenters. The van der Waals surface area contributed by atoms with E-state index in [9.17, 15) is 14.4 Å². The Morgan fingerprint density at radius 3 is 2.40 bits per heavy atom. The molecule has 112 valence electrons. The third-order valence-electron chi connectivity index (χ3n) is 2.63. The van der Waals surface area contributed by atoms with Crippen LogP contribution in [-0.2, 0) is 19.1 Å². The van der Waals surface area contributed by atoms with Crippen molar-refractivity contribution < 1.29 is 29.0 Å². The first-order chi connectivity index (χ1) is 9.14. The zero-order chi connectivity index (χ0) is 15.5. The smallest absolute Gasteiger partial charge is 0.411 e. The highest BCUT2D eigenvalue weighted by Crippen LogP contribution is 2.23. The number of rotatable bonds is 3. The van der Waals surface area contributed by atoms with Gasteiger partial charge in [0, 0.05) is 12.5 Å². The first-order valence-electron chi connectivity index (χ1n) is 6.19. The van der Waals surface area contributed by atoms with Crippen molar-refractivity contribution in [2.75, 3.05) is 6.54 Å². The minimum absolute atomic E-state index is 0.00847. The second-order valence-corrected chi connectivity index (χ2v) is 5.49. The van der Waals surface area contributed by atoms with E-state index in [2.05, 4.69) is 6.58 Å². The molecule has 0 bridgehead atoms. The van der Waals surface area contributed by atoms with Crippen LogP contribution < -0.4 is 0 Å². The fraction of sp³-hybridized carbons (Fsp3) is 0.615. The predicted molar refractivity (Wildman–Crippen MR) is 69.1 cm³/mol. The Bertz CT molecular complexity index is 425. The summed E-state index contributed by atoms with van der Waals surface area (Å²) in [5.74, 6) is -1.81. The zero-order valence-corrected chi connectivity index (χ0v) is 11.8. The molecular weight excluding hydrogens is 266 g/mol. The number of ether oxygens (including phenoxy) is 2. The van der Waals surface area contributed by atoms with Gasteiger partial charge in [-0.05, 0) is 20.8 Å². The quantitative estimate of drug-likeness (QED) is 0.618. The Morgan fingerprint density at radius 1 is 1.35 bits per heavy atom. The van der Waals surface area contributed by atoms with Crippen molar-refractivity contribution in [1.82, 2.24) is 4.90 Å². The van der Waals surface area contributed by atoms with Gasteiger partial charge in [0.2, 0.25) is 0 Å². The molecule has 0 unspecified atom stereocenters. The van der Waals surface area contributed by atoms with Crippen molar-refractivity contribution >= 4 is 18.0 Å². The lowest BCUT2D eigenvalue weighted by molar-refractivity contribution is -0.144. The number of hydrogen-bond acceptors (Lipinski definition) is 5. The largest absolute Gasteiger partial charge is 0.480 e. The van der Waals surface area contributed by atoms with E-state index in [0.717, 1.165) is 11.0 Å². The van der Waals surface area contributed by atoms with Gasteiger partial charge in [-0.25, -0.2) is 14.4 Å². The van der Waals surface area contributed by atoms with Gasteiger partial charge in [0.15, 0.2) is 0 Å². The molecule has 7 heteroatoms. The van der Waals surface area contributed by atoms with Crippen LogP contribution in [0.3, 0.4) is 0 Å². The average Bonchev–Trinajstić information content (AvgIpc) is 2.70. The summed E-state index contributed by atoms with van der Waals surface area (Å²) in [5, 5.41) is 9.13. The van der Waals surface area contributed by atoms with Gasteiger partial charge in [-0.2, -0.15) is 0 Å². The topological polar surface area (TPSA) is 93.1 Å². The second-order valence-electron chi connectivity index (χ2n) is 5.49. The number of hydrogen-bond donors (Lipinski definition) is 1. The zero-order valence-electron chi connectivity index (χ0n) is 11.8. The molecule has 1 fully saturated rings. The predicted octanol–water partition coefficient (Wildman–Crippen LogP) is 1.18. The van der Waals surface area contributed by atoms with Gasteiger partial charge in [0.25, 0.3) is 0 Å². The molecule has 20 heavy (non-hydrogen) atoms. The Morgan fingerprint density at radius 2 is 1.95 bits per heavy atom. The third kappa shape index (κ3) is 4.25. The number of carbonyl (C=O) groups is 3. The van der Waals surface area contributed by atoms with Gasteiger partial charge in [0.1, 0.15) is 17.7 Å². The number of nitrogens with zero attached hydrogens (tertiary/aromatic N) is 1. The van der Waals surface area contributed by atoms with Crippen molar-refractivity contribution in [3.05, 3.63) is 12.7 Å². The number of carbonyl (C=O) groups excluding carboxylic acids is 2. The lowest BCUT2D eigenvalue weighted by Gasteiger charge is -2.26. The van der Waals surface area contributed by atoms with Crippen LogP contribution in [0.15, 0.2) is 12.7 Å². The molecule has 1 rings (SSSR count).